The number of piperidine rings is 1. The van der Waals surface area contributed by atoms with Gasteiger partial charge in [0.1, 0.15) is 11.4 Å². The zero-order chi connectivity index (χ0) is 21.7. The van der Waals surface area contributed by atoms with Gasteiger partial charge in [-0.15, -0.1) is 0 Å². The highest BCUT2D eigenvalue weighted by Crippen LogP contribution is 2.22. The van der Waals surface area contributed by atoms with Crippen molar-refractivity contribution in [2.45, 2.75) is 39.0 Å². The van der Waals surface area contributed by atoms with Crippen LogP contribution in [0.4, 0.5) is 0 Å². The van der Waals surface area contributed by atoms with Crippen molar-refractivity contribution in [1.29, 1.82) is 0 Å². The Kier molecular flexibility index (Phi) is 7.53. The number of para-hydroxylation sites is 1. The molecule has 1 saturated heterocycles. The van der Waals surface area contributed by atoms with Gasteiger partial charge in [0.2, 0.25) is 0 Å². The Morgan fingerprint density at radius 1 is 1.33 bits per heavy atom. The minimum Gasteiger partial charge on any atom is -0.496 e. The Morgan fingerprint density at radius 3 is 2.80 bits per heavy atom. The summed E-state index contributed by atoms with van der Waals surface area (Å²) in [7, 11) is 5.50. The van der Waals surface area contributed by atoms with Crippen molar-refractivity contribution in [1.82, 2.24) is 19.6 Å². The van der Waals surface area contributed by atoms with Crippen LogP contribution in [0.1, 0.15) is 54.4 Å². The predicted octanol–water partition coefficient (Wildman–Crippen LogP) is 3.58. The Morgan fingerprint density at radius 2 is 2.10 bits per heavy atom. The molecule has 6 heteroatoms. The molecule has 1 amide bonds. The normalized spacial score (nSPS) is 17.3. The van der Waals surface area contributed by atoms with Gasteiger partial charge >= 0.3 is 0 Å². The highest BCUT2D eigenvalue weighted by atomic mass is 16.5. The second-order valence-electron chi connectivity index (χ2n) is 8.79. The number of ether oxygens (including phenoxy) is 1. The fourth-order valence-corrected chi connectivity index (χ4v) is 4.33. The van der Waals surface area contributed by atoms with E-state index >= 15 is 0 Å². The fourth-order valence-electron chi connectivity index (χ4n) is 4.33. The summed E-state index contributed by atoms with van der Waals surface area (Å²) in [6, 6.07) is 10.2. The van der Waals surface area contributed by atoms with Crippen molar-refractivity contribution in [3.63, 3.8) is 0 Å². The van der Waals surface area contributed by atoms with Crippen LogP contribution in [0, 0.1) is 5.92 Å². The van der Waals surface area contributed by atoms with Crippen molar-refractivity contribution in [2.75, 3.05) is 40.3 Å². The van der Waals surface area contributed by atoms with Crippen LogP contribution in [0.2, 0.25) is 0 Å². The van der Waals surface area contributed by atoms with Gasteiger partial charge in [0.05, 0.1) is 12.8 Å². The highest BCUT2D eigenvalue weighted by Gasteiger charge is 2.25. The first-order valence-electron chi connectivity index (χ1n) is 11.0. The third-order valence-corrected chi connectivity index (χ3v) is 6.08. The molecule has 0 spiro atoms. The number of carbonyl (C=O) groups is 1. The quantitative estimate of drug-likeness (QED) is 0.665. The fraction of sp³-hybridized carbons (Fsp3) is 0.583. The molecule has 1 aromatic carbocycles. The number of benzene rings is 1. The molecular formula is C24H36N4O2. The molecule has 2 aromatic rings. The summed E-state index contributed by atoms with van der Waals surface area (Å²) in [6.07, 6.45) is 3.34. The molecule has 0 unspecified atom stereocenters. The van der Waals surface area contributed by atoms with Crippen molar-refractivity contribution >= 4 is 5.91 Å². The summed E-state index contributed by atoms with van der Waals surface area (Å²) >= 11 is 0. The summed E-state index contributed by atoms with van der Waals surface area (Å²) in [6.45, 7) is 8.17. The van der Waals surface area contributed by atoms with Crippen LogP contribution in [0.25, 0.3) is 0 Å². The minimum atomic E-state index is 0.0584. The van der Waals surface area contributed by atoms with Gasteiger partial charge < -0.3 is 14.5 Å². The molecular weight excluding hydrogens is 376 g/mol. The number of methoxy groups -OCH3 is 1. The molecule has 0 radical (unpaired) electrons. The van der Waals surface area contributed by atoms with E-state index in [9.17, 15) is 4.79 Å². The van der Waals surface area contributed by atoms with Gasteiger partial charge in [-0.3, -0.25) is 9.48 Å². The number of rotatable bonds is 8. The maximum absolute atomic E-state index is 13.0. The molecule has 0 saturated carbocycles. The Labute approximate surface area is 180 Å². The molecule has 2 heterocycles. The zero-order valence-corrected chi connectivity index (χ0v) is 19.1. The van der Waals surface area contributed by atoms with Crippen LogP contribution in [0.3, 0.4) is 0 Å². The van der Waals surface area contributed by atoms with Crippen LogP contribution in [0.15, 0.2) is 30.3 Å². The standard InChI is InChI=1S/C24H36N4O2/c1-18(2)21-15-22(27(4)25-21)24(29)26(3)16-19-9-8-13-28(17-19)14-12-20-10-6-7-11-23(20)30-5/h6-7,10-11,15,18-19H,8-9,12-14,16-17H2,1-5H3/t19-/m1/s1. The van der Waals surface area contributed by atoms with E-state index in [0.29, 0.717) is 17.5 Å². The van der Waals surface area contributed by atoms with Crippen molar-refractivity contribution in [3.05, 3.63) is 47.3 Å². The average molecular weight is 413 g/mol. The van der Waals surface area contributed by atoms with E-state index in [1.165, 1.54) is 18.4 Å². The summed E-state index contributed by atoms with van der Waals surface area (Å²) in [5.74, 6) is 1.85. The van der Waals surface area contributed by atoms with E-state index in [1.807, 2.05) is 37.2 Å². The van der Waals surface area contributed by atoms with E-state index in [0.717, 1.165) is 44.0 Å². The first-order chi connectivity index (χ1) is 14.4. The van der Waals surface area contributed by atoms with Crippen LogP contribution in [0.5, 0.6) is 5.75 Å². The third-order valence-electron chi connectivity index (χ3n) is 6.08. The molecule has 1 aliphatic rings. The molecule has 0 N–H and O–H groups in total. The molecule has 1 aliphatic heterocycles. The first-order valence-corrected chi connectivity index (χ1v) is 11.0. The lowest BCUT2D eigenvalue weighted by molar-refractivity contribution is 0.0719. The van der Waals surface area contributed by atoms with Crippen LogP contribution >= 0.6 is 0 Å². The van der Waals surface area contributed by atoms with E-state index < -0.39 is 0 Å². The highest BCUT2D eigenvalue weighted by molar-refractivity contribution is 5.92. The Hall–Kier alpha value is -2.34. The summed E-state index contributed by atoms with van der Waals surface area (Å²) < 4.78 is 7.20. The van der Waals surface area contributed by atoms with E-state index in [4.69, 9.17) is 4.74 Å². The summed E-state index contributed by atoms with van der Waals surface area (Å²) in [5, 5.41) is 4.49. The number of nitrogens with zero attached hydrogens (tertiary/aromatic N) is 4. The SMILES string of the molecule is COc1ccccc1CCN1CCC[C@H](CN(C)C(=O)c2cc(C(C)C)nn2C)C1. The molecule has 3 rings (SSSR count). The van der Waals surface area contributed by atoms with E-state index in [1.54, 1.807) is 11.8 Å². The van der Waals surface area contributed by atoms with Gasteiger partial charge in [0, 0.05) is 33.7 Å². The monoisotopic (exact) mass is 412 g/mol. The number of likely N-dealkylation sites (tertiary alicyclic amines) is 1. The van der Waals surface area contributed by atoms with Crippen molar-refractivity contribution < 1.29 is 9.53 Å². The van der Waals surface area contributed by atoms with E-state index in [2.05, 4.69) is 36.0 Å². The minimum absolute atomic E-state index is 0.0584. The van der Waals surface area contributed by atoms with Gasteiger partial charge in [0.25, 0.3) is 5.91 Å². The second-order valence-corrected chi connectivity index (χ2v) is 8.79. The van der Waals surface area contributed by atoms with E-state index in [-0.39, 0.29) is 5.91 Å². The number of amides is 1. The lowest BCUT2D eigenvalue weighted by Gasteiger charge is -2.34. The first kappa shape index (κ1) is 22.3. The van der Waals surface area contributed by atoms with Crippen LogP contribution < -0.4 is 4.74 Å². The number of aromatic nitrogens is 2. The number of hydrogen-bond donors (Lipinski definition) is 0. The van der Waals surface area contributed by atoms with Gasteiger partial charge in [0.15, 0.2) is 0 Å². The lowest BCUT2D eigenvalue weighted by atomic mass is 9.97. The van der Waals surface area contributed by atoms with Gasteiger partial charge in [-0.1, -0.05) is 32.0 Å². The lowest BCUT2D eigenvalue weighted by Crippen LogP contribution is -2.42. The molecule has 30 heavy (non-hydrogen) atoms. The molecule has 0 aliphatic carbocycles. The maximum Gasteiger partial charge on any atom is 0.271 e. The van der Waals surface area contributed by atoms with Crippen molar-refractivity contribution in [2.24, 2.45) is 13.0 Å². The van der Waals surface area contributed by atoms with Crippen LogP contribution in [-0.2, 0) is 13.5 Å². The predicted molar refractivity (Wildman–Crippen MR) is 120 cm³/mol. The van der Waals surface area contributed by atoms with Gasteiger partial charge in [-0.05, 0) is 55.3 Å². The second kappa shape index (κ2) is 10.1. The number of hydrogen-bond acceptors (Lipinski definition) is 4. The topological polar surface area (TPSA) is 50.6 Å². The van der Waals surface area contributed by atoms with Crippen LogP contribution in [-0.4, -0.2) is 65.8 Å². The molecule has 6 nitrogen and oxygen atoms in total. The zero-order valence-electron chi connectivity index (χ0n) is 19.1. The summed E-state index contributed by atoms with van der Waals surface area (Å²) in [4.78, 5) is 17.4. The largest absolute Gasteiger partial charge is 0.496 e. The Balaban J connectivity index is 1.54. The van der Waals surface area contributed by atoms with Crippen molar-refractivity contribution in [3.8, 4) is 5.75 Å². The summed E-state index contributed by atoms with van der Waals surface area (Å²) in [5.41, 5.74) is 2.89. The van der Waals surface area contributed by atoms with Gasteiger partial charge in [-0.2, -0.15) is 5.10 Å². The molecule has 164 valence electrons. The number of aryl methyl sites for hydroxylation is 1. The molecule has 1 aromatic heterocycles. The number of carbonyl (C=O) groups excluding carboxylic acids is 1. The smallest absolute Gasteiger partial charge is 0.271 e. The van der Waals surface area contributed by atoms with Gasteiger partial charge in [-0.25, -0.2) is 0 Å². The Bertz CT molecular complexity index is 845. The third kappa shape index (κ3) is 5.42. The maximum atomic E-state index is 13.0. The average Bonchev–Trinajstić information content (AvgIpc) is 3.14. The molecule has 0 bridgehead atoms. The molecule has 1 atom stereocenters. The molecule has 1 fully saturated rings.